The Hall–Kier alpha value is -2.13. The molecule has 1 atom stereocenters. The minimum atomic E-state index is -4.24. The van der Waals surface area contributed by atoms with Gasteiger partial charge in [0, 0.05) is 6.92 Å². The summed E-state index contributed by atoms with van der Waals surface area (Å²) in [7, 11) is -4.24. The highest BCUT2D eigenvalue weighted by atomic mass is 35.5. The van der Waals surface area contributed by atoms with E-state index in [2.05, 4.69) is 0 Å². The molecule has 0 aliphatic heterocycles. The van der Waals surface area contributed by atoms with Crippen molar-refractivity contribution >= 4 is 39.3 Å². The number of allylic oxidation sites excluding steroid dienone is 1. The third-order valence-corrected chi connectivity index (χ3v) is 6.55. The monoisotopic (exact) mass is 433 g/mol. The van der Waals surface area contributed by atoms with Gasteiger partial charge in [-0.15, -0.1) is 0 Å². The Morgan fingerprint density at radius 2 is 2.04 bits per heavy atom. The first kappa shape index (κ1) is 22.2. The van der Waals surface area contributed by atoms with Gasteiger partial charge in [0.05, 0.1) is 22.9 Å². The van der Waals surface area contributed by atoms with Crippen LogP contribution < -0.4 is 4.31 Å². The number of hydrogen-bond donors (Lipinski definition) is 0. The lowest BCUT2D eigenvalue weighted by Gasteiger charge is -2.31. The molecule has 0 spiro atoms. The number of hydrogen-bond acceptors (Lipinski definition) is 6. The van der Waals surface area contributed by atoms with Crippen molar-refractivity contribution in [3.05, 3.63) is 40.7 Å². The Bertz CT molecular complexity index is 886. The lowest BCUT2D eigenvalue weighted by atomic mass is 9.99. The van der Waals surface area contributed by atoms with Gasteiger partial charge in [0.25, 0.3) is 0 Å². The second-order valence-electron chi connectivity index (χ2n) is 6.05. The molecular formula is C18H21ClFNO6S. The highest BCUT2D eigenvalue weighted by molar-refractivity contribution is 7.93. The van der Waals surface area contributed by atoms with Gasteiger partial charge in [0.2, 0.25) is 10.0 Å². The van der Waals surface area contributed by atoms with E-state index >= 15 is 0 Å². The van der Waals surface area contributed by atoms with Gasteiger partial charge in [-0.2, -0.15) is 0 Å². The second kappa shape index (κ2) is 9.38. The molecule has 1 aromatic rings. The first-order valence-corrected chi connectivity index (χ1v) is 10.5. The highest BCUT2D eigenvalue weighted by Crippen LogP contribution is 2.34. The van der Waals surface area contributed by atoms with Gasteiger partial charge in [-0.05, 0) is 44.4 Å². The van der Waals surface area contributed by atoms with Gasteiger partial charge in [-0.3, -0.25) is 4.79 Å². The lowest BCUT2D eigenvalue weighted by molar-refractivity contribution is -0.141. The number of carbonyl (C=O) groups is 2. The fourth-order valence-corrected chi connectivity index (χ4v) is 5.09. The van der Waals surface area contributed by atoms with Crippen LogP contribution in [-0.2, 0) is 29.1 Å². The van der Waals surface area contributed by atoms with Crippen LogP contribution in [0, 0.1) is 5.82 Å². The number of anilines is 1. The number of halogens is 2. The number of carbonyl (C=O) groups excluding carboxylic acids is 2. The Balaban J connectivity index is 2.50. The molecular weight excluding hydrogens is 413 g/mol. The topological polar surface area (TPSA) is 90.0 Å². The third-order valence-electron chi connectivity index (χ3n) is 4.12. The smallest absolute Gasteiger partial charge is 0.335 e. The van der Waals surface area contributed by atoms with Crippen molar-refractivity contribution in [3.63, 3.8) is 0 Å². The van der Waals surface area contributed by atoms with Crippen molar-refractivity contribution in [2.24, 2.45) is 0 Å². The van der Waals surface area contributed by atoms with E-state index in [0.29, 0.717) is 12.8 Å². The van der Waals surface area contributed by atoms with Crippen molar-refractivity contribution in [1.82, 2.24) is 0 Å². The average Bonchev–Trinajstić information content (AvgIpc) is 2.63. The molecule has 0 saturated heterocycles. The second-order valence-corrected chi connectivity index (χ2v) is 8.50. The summed E-state index contributed by atoms with van der Waals surface area (Å²) < 4.78 is 50.8. The van der Waals surface area contributed by atoms with Crippen molar-refractivity contribution in [3.8, 4) is 0 Å². The summed E-state index contributed by atoms with van der Waals surface area (Å²) in [6.45, 7) is 2.19. The molecule has 2 rings (SSSR count). The summed E-state index contributed by atoms with van der Waals surface area (Å²) in [6.07, 6.45) is 2.81. The van der Waals surface area contributed by atoms with Crippen LogP contribution in [0.4, 0.5) is 10.1 Å². The van der Waals surface area contributed by atoms with Crippen LogP contribution in [0.25, 0.3) is 0 Å². The number of sulfonamides is 1. The molecule has 0 N–H and O–H groups in total. The zero-order valence-corrected chi connectivity index (χ0v) is 17.1. The maximum absolute atomic E-state index is 13.4. The molecule has 0 bridgehead atoms. The van der Waals surface area contributed by atoms with Crippen LogP contribution in [0.1, 0.15) is 33.1 Å². The first-order valence-electron chi connectivity index (χ1n) is 8.65. The molecule has 28 heavy (non-hydrogen) atoms. The van der Waals surface area contributed by atoms with Crippen LogP contribution in [0.5, 0.6) is 0 Å². The van der Waals surface area contributed by atoms with Crippen molar-refractivity contribution in [1.29, 1.82) is 0 Å². The van der Waals surface area contributed by atoms with E-state index in [1.165, 1.54) is 6.07 Å². The molecule has 1 aromatic carbocycles. The zero-order chi connectivity index (χ0) is 20.9. The maximum atomic E-state index is 13.4. The predicted molar refractivity (Wildman–Crippen MR) is 102 cm³/mol. The molecule has 1 unspecified atom stereocenters. The molecule has 0 aromatic heterocycles. The fourth-order valence-electron chi connectivity index (χ4n) is 2.85. The Labute approximate surface area is 168 Å². The largest absolute Gasteiger partial charge is 0.463 e. The van der Waals surface area contributed by atoms with E-state index in [1.807, 2.05) is 0 Å². The zero-order valence-electron chi connectivity index (χ0n) is 15.5. The Kier molecular flexibility index (Phi) is 7.42. The van der Waals surface area contributed by atoms with Crippen molar-refractivity contribution in [2.45, 2.75) is 38.4 Å². The van der Waals surface area contributed by atoms with Gasteiger partial charge in [-0.1, -0.05) is 17.7 Å². The summed E-state index contributed by atoms with van der Waals surface area (Å²) in [6, 6.07) is 3.17. The van der Waals surface area contributed by atoms with E-state index in [1.54, 1.807) is 13.0 Å². The molecule has 0 fully saturated rings. The molecule has 10 heteroatoms. The van der Waals surface area contributed by atoms with Crippen LogP contribution in [0.2, 0.25) is 5.02 Å². The average molecular weight is 434 g/mol. The molecule has 0 amide bonds. The van der Waals surface area contributed by atoms with Crippen LogP contribution in [0.15, 0.2) is 29.8 Å². The normalized spacial score (nSPS) is 16.9. The van der Waals surface area contributed by atoms with Crippen LogP contribution in [-0.4, -0.2) is 38.9 Å². The maximum Gasteiger partial charge on any atom is 0.335 e. The molecule has 154 valence electrons. The van der Waals surface area contributed by atoms with E-state index in [0.717, 1.165) is 23.4 Å². The van der Waals surface area contributed by atoms with Gasteiger partial charge in [0.1, 0.15) is 11.1 Å². The van der Waals surface area contributed by atoms with Gasteiger partial charge in [-0.25, -0.2) is 21.9 Å². The summed E-state index contributed by atoms with van der Waals surface area (Å²) >= 11 is 6.04. The van der Waals surface area contributed by atoms with Gasteiger partial charge in [0.15, 0.2) is 6.73 Å². The number of ether oxygens (including phenoxy) is 2. The summed E-state index contributed by atoms with van der Waals surface area (Å²) in [4.78, 5) is 23.5. The summed E-state index contributed by atoms with van der Waals surface area (Å²) in [5.41, 5.74) is -0.0303. The van der Waals surface area contributed by atoms with Crippen molar-refractivity contribution < 1.29 is 31.9 Å². The lowest BCUT2D eigenvalue weighted by Crippen LogP contribution is -2.43. The minimum absolute atomic E-state index is 0.0270. The SMILES string of the molecule is CCOC(=O)C1=CCCCC1S(=O)(=O)N(COC(C)=O)c1ccc(F)cc1Cl. The van der Waals surface area contributed by atoms with E-state index in [9.17, 15) is 22.4 Å². The number of nitrogens with zero attached hydrogens (tertiary/aromatic N) is 1. The fraction of sp³-hybridized carbons (Fsp3) is 0.444. The highest BCUT2D eigenvalue weighted by Gasteiger charge is 2.40. The first-order chi connectivity index (χ1) is 13.2. The predicted octanol–water partition coefficient (Wildman–Crippen LogP) is 3.18. The molecule has 0 saturated carbocycles. The molecule has 7 nitrogen and oxygen atoms in total. The summed E-state index contributed by atoms with van der Waals surface area (Å²) in [5.74, 6) is -2.07. The minimum Gasteiger partial charge on any atom is -0.463 e. The van der Waals surface area contributed by atoms with E-state index in [4.69, 9.17) is 21.1 Å². The van der Waals surface area contributed by atoms with Crippen molar-refractivity contribution in [2.75, 3.05) is 17.6 Å². The van der Waals surface area contributed by atoms with Crippen LogP contribution in [0.3, 0.4) is 0 Å². The number of esters is 2. The number of benzene rings is 1. The Morgan fingerprint density at radius 1 is 1.32 bits per heavy atom. The molecule has 0 heterocycles. The molecule has 1 aliphatic carbocycles. The van der Waals surface area contributed by atoms with Crippen LogP contribution >= 0.6 is 11.6 Å². The van der Waals surface area contributed by atoms with Gasteiger partial charge >= 0.3 is 11.9 Å². The standard InChI is InChI=1S/C18H21ClFNO6S/c1-3-26-18(23)14-6-4-5-7-17(14)28(24,25)21(11-27-12(2)22)16-9-8-13(20)10-15(16)19/h6,8-10,17H,3-5,7,11H2,1-2H3. The molecule has 0 radical (unpaired) electrons. The molecule has 1 aliphatic rings. The van der Waals surface area contributed by atoms with Gasteiger partial charge < -0.3 is 9.47 Å². The van der Waals surface area contributed by atoms with E-state index in [-0.39, 0.29) is 29.3 Å². The third kappa shape index (κ3) is 5.02. The quantitative estimate of drug-likeness (QED) is 0.484. The number of rotatable bonds is 7. The Morgan fingerprint density at radius 3 is 2.64 bits per heavy atom. The summed E-state index contributed by atoms with van der Waals surface area (Å²) in [5, 5.41) is -1.37. The van der Waals surface area contributed by atoms with E-state index < -0.39 is 39.8 Å².